The molecule has 0 aliphatic heterocycles. The van der Waals surface area contributed by atoms with Crippen LogP contribution in [0, 0.1) is 0 Å². The van der Waals surface area contributed by atoms with Gasteiger partial charge in [-0.15, -0.1) is 11.3 Å². The van der Waals surface area contributed by atoms with Crippen molar-refractivity contribution in [3.05, 3.63) is 92.5 Å². The van der Waals surface area contributed by atoms with Gasteiger partial charge in [0.1, 0.15) is 5.75 Å². The summed E-state index contributed by atoms with van der Waals surface area (Å²) in [6.07, 6.45) is 0.741. The number of benzene rings is 2. The van der Waals surface area contributed by atoms with Gasteiger partial charge in [-0.2, -0.15) is 5.10 Å². The van der Waals surface area contributed by atoms with Crippen LogP contribution in [0.3, 0.4) is 0 Å². The van der Waals surface area contributed by atoms with Gasteiger partial charge in [0.15, 0.2) is 5.69 Å². The average molecular weight is 462 g/mol. The highest BCUT2D eigenvalue weighted by Crippen LogP contribution is 2.22. The fourth-order valence-corrected chi connectivity index (χ4v) is 4.76. The Morgan fingerprint density at radius 2 is 1.82 bits per heavy atom. The van der Waals surface area contributed by atoms with E-state index in [2.05, 4.69) is 18.1 Å². The lowest BCUT2D eigenvalue weighted by Gasteiger charge is -2.29. The van der Waals surface area contributed by atoms with Crippen LogP contribution < -0.4 is 10.3 Å². The molecule has 4 aromatic rings. The molecule has 0 spiro atoms. The number of ether oxygens (including phenoxy) is 1. The van der Waals surface area contributed by atoms with Gasteiger partial charge < -0.3 is 9.64 Å². The van der Waals surface area contributed by atoms with Crippen LogP contribution in [0.1, 0.15) is 34.8 Å². The monoisotopic (exact) mass is 461 g/mol. The van der Waals surface area contributed by atoms with E-state index < -0.39 is 0 Å². The molecule has 2 aromatic carbocycles. The maximum atomic E-state index is 14.0. The van der Waals surface area contributed by atoms with Gasteiger partial charge in [-0.1, -0.05) is 36.4 Å². The van der Waals surface area contributed by atoms with Crippen molar-refractivity contribution in [2.24, 2.45) is 0 Å². The van der Waals surface area contributed by atoms with E-state index in [4.69, 9.17) is 4.74 Å². The smallest absolute Gasteiger partial charge is 0.275 e. The minimum Gasteiger partial charge on any atom is -0.497 e. The molecule has 2 heterocycles. The molecule has 0 N–H and O–H groups in total. The Kier molecular flexibility index (Phi) is 6.89. The highest BCUT2D eigenvalue weighted by Gasteiger charge is 2.26. The number of fused-ring (bicyclic) bond motifs is 1. The van der Waals surface area contributed by atoms with Crippen LogP contribution in [-0.2, 0) is 19.5 Å². The number of hydrogen-bond acceptors (Lipinski definition) is 5. The number of methoxy groups -OCH3 is 1. The molecule has 1 atom stereocenters. The van der Waals surface area contributed by atoms with Crippen LogP contribution in [0.2, 0.25) is 0 Å². The van der Waals surface area contributed by atoms with Crippen LogP contribution in [0.25, 0.3) is 10.8 Å². The molecular formula is C26H27N3O3S. The summed E-state index contributed by atoms with van der Waals surface area (Å²) in [5.41, 5.74) is 1.12. The number of carbonyl (C=O) groups excluding carboxylic acids is 1. The molecule has 7 heteroatoms. The fourth-order valence-electron chi connectivity index (χ4n) is 3.93. The molecule has 0 unspecified atom stereocenters. The summed E-state index contributed by atoms with van der Waals surface area (Å²) >= 11 is 1.68. The minimum absolute atomic E-state index is 0.0687. The summed E-state index contributed by atoms with van der Waals surface area (Å²) in [5.74, 6) is 0.583. The molecule has 6 nitrogen and oxygen atoms in total. The van der Waals surface area contributed by atoms with Crippen molar-refractivity contribution >= 4 is 28.0 Å². The second-order valence-electron chi connectivity index (χ2n) is 7.93. The molecule has 0 bridgehead atoms. The van der Waals surface area contributed by atoms with Gasteiger partial charge in [0, 0.05) is 35.8 Å². The lowest BCUT2D eigenvalue weighted by Crippen LogP contribution is -2.40. The number of aromatic nitrogens is 2. The second-order valence-corrected chi connectivity index (χ2v) is 8.96. The molecule has 1 amide bonds. The summed E-state index contributed by atoms with van der Waals surface area (Å²) < 4.78 is 6.64. The summed E-state index contributed by atoms with van der Waals surface area (Å²) in [7, 11) is 1.63. The van der Waals surface area contributed by atoms with E-state index in [1.165, 1.54) is 9.56 Å². The zero-order valence-electron chi connectivity index (χ0n) is 19.0. The van der Waals surface area contributed by atoms with Gasteiger partial charge >= 0.3 is 0 Å². The first kappa shape index (κ1) is 22.7. The molecule has 0 aliphatic carbocycles. The number of hydrogen-bond donors (Lipinski definition) is 0. The predicted molar refractivity (Wildman–Crippen MR) is 132 cm³/mol. The molecule has 2 aromatic heterocycles. The van der Waals surface area contributed by atoms with E-state index in [9.17, 15) is 9.59 Å². The topological polar surface area (TPSA) is 64.4 Å². The molecule has 170 valence electrons. The number of thiophene rings is 1. The molecule has 4 rings (SSSR count). The van der Waals surface area contributed by atoms with Crippen LogP contribution in [-0.4, -0.2) is 33.7 Å². The normalized spacial score (nSPS) is 12.0. The van der Waals surface area contributed by atoms with Crippen molar-refractivity contribution < 1.29 is 9.53 Å². The lowest BCUT2D eigenvalue weighted by molar-refractivity contribution is 0.0669. The molecule has 0 fully saturated rings. The minimum atomic E-state index is -0.187. The lowest BCUT2D eigenvalue weighted by atomic mass is 10.1. The first-order chi connectivity index (χ1) is 16.0. The number of nitrogens with zero attached hydrogens (tertiary/aromatic N) is 3. The Hall–Kier alpha value is -3.45. The third kappa shape index (κ3) is 4.83. The Morgan fingerprint density at radius 3 is 2.45 bits per heavy atom. The standard InChI is InChI=1S/C26H27N3O3S/c1-4-29-25(30)23-10-6-5-9-22(23)24(27-29)26(31)28(18(2)16-21-8-7-15-33-21)17-19-11-13-20(32-3)14-12-19/h5-15,18H,4,16-17H2,1-3H3/t18-/m0/s1. The Balaban J connectivity index is 1.76. The van der Waals surface area contributed by atoms with E-state index in [1.807, 2.05) is 59.7 Å². The number of carbonyl (C=O) groups is 1. The van der Waals surface area contributed by atoms with Gasteiger partial charge in [-0.3, -0.25) is 9.59 Å². The largest absolute Gasteiger partial charge is 0.497 e. The Morgan fingerprint density at radius 1 is 1.09 bits per heavy atom. The molecule has 0 radical (unpaired) electrons. The Labute approximate surface area is 197 Å². The number of rotatable bonds is 8. The molecule has 33 heavy (non-hydrogen) atoms. The number of aryl methyl sites for hydroxylation is 1. The van der Waals surface area contributed by atoms with Crippen molar-refractivity contribution in [3.63, 3.8) is 0 Å². The third-order valence-corrected chi connectivity index (χ3v) is 6.65. The SMILES string of the molecule is CCn1nc(C(=O)N(Cc2ccc(OC)cc2)[C@@H](C)Cc2cccs2)c2ccccc2c1=O. The van der Waals surface area contributed by atoms with Crippen LogP contribution in [0.15, 0.2) is 70.8 Å². The first-order valence-corrected chi connectivity index (χ1v) is 11.9. The average Bonchev–Trinajstić information content (AvgIpc) is 3.36. The number of amides is 1. The van der Waals surface area contributed by atoms with Gasteiger partial charge in [0.25, 0.3) is 11.5 Å². The van der Waals surface area contributed by atoms with Gasteiger partial charge in [0.05, 0.1) is 12.5 Å². The molecule has 0 aliphatic rings. The Bertz CT molecular complexity index is 1300. The van der Waals surface area contributed by atoms with E-state index in [0.717, 1.165) is 17.7 Å². The van der Waals surface area contributed by atoms with Crippen molar-refractivity contribution in [1.29, 1.82) is 0 Å². The summed E-state index contributed by atoms with van der Waals surface area (Å²) in [6, 6.07) is 19.0. The van der Waals surface area contributed by atoms with E-state index in [0.29, 0.717) is 29.6 Å². The van der Waals surface area contributed by atoms with Crippen LogP contribution in [0.5, 0.6) is 5.75 Å². The first-order valence-electron chi connectivity index (χ1n) is 11.0. The molecular weight excluding hydrogens is 434 g/mol. The molecule has 0 saturated carbocycles. The maximum Gasteiger partial charge on any atom is 0.275 e. The highest BCUT2D eigenvalue weighted by molar-refractivity contribution is 7.09. The van der Waals surface area contributed by atoms with Crippen molar-refractivity contribution in [1.82, 2.24) is 14.7 Å². The fraction of sp³-hybridized carbons (Fsp3) is 0.269. The van der Waals surface area contributed by atoms with Gasteiger partial charge in [-0.25, -0.2) is 4.68 Å². The van der Waals surface area contributed by atoms with E-state index in [1.54, 1.807) is 30.6 Å². The van der Waals surface area contributed by atoms with Gasteiger partial charge in [0.2, 0.25) is 0 Å². The highest BCUT2D eigenvalue weighted by atomic mass is 32.1. The summed E-state index contributed by atoms with van der Waals surface area (Å²) in [6.45, 7) is 4.73. The van der Waals surface area contributed by atoms with Crippen molar-refractivity contribution in [3.8, 4) is 5.75 Å². The quantitative estimate of drug-likeness (QED) is 0.380. The summed E-state index contributed by atoms with van der Waals surface area (Å²) in [4.78, 5) is 29.8. The van der Waals surface area contributed by atoms with Crippen LogP contribution >= 0.6 is 11.3 Å². The van der Waals surface area contributed by atoms with Crippen molar-refractivity contribution in [2.45, 2.75) is 39.4 Å². The van der Waals surface area contributed by atoms with Crippen LogP contribution in [0.4, 0.5) is 0 Å². The van der Waals surface area contributed by atoms with E-state index in [-0.39, 0.29) is 17.5 Å². The second kappa shape index (κ2) is 10.0. The van der Waals surface area contributed by atoms with Gasteiger partial charge in [-0.05, 0) is 49.1 Å². The zero-order valence-corrected chi connectivity index (χ0v) is 19.8. The maximum absolute atomic E-state index is 14.0. The van der Waals surface area contributed by atoms with Crippen molar-refractivity contribution in [2.75, 3.05) is 7.11 Å². The zero-order chi connectivity index (χ0) is 23.4. The summed E-state index contributed by atoms with van der Waals surface area (Å²) in [5, 5.41) is 7.62. The predicted octanol–water partition coefficient (Wildman–Crippen LogP) is 4.76. The molecule has 0 saturated heterocycles. The third-order valence-electron chi connectivity index (χ3n) is 5.75. The van der Waals surface area contributed by atoms with E-state index >= 15 is 0 Å².